The maximum atomic E-state index is 6.34. The van der Waals surface area contributed by atoms with Crippen LogP contribution in [-0.2, 0) is 6.42 Å². The molecule has 0 spiro atoms. The Morgan fingerprint density at radius 3 is 2.83 bits per heavy atom. The quantitative estimate of drug-likeness (QED) is 0.643. The van der Waals surface area contributed by atoms with Crippen molar-refractivity contribution in [2.45, 2.75) is 19.4 Å². The molecule has 0 amide bonds. The van der Waals surface area contributed by atoms with Crippen molar-refractivity contribution in [2.75, 3.05) is 0 Å². The van der Waals surface area contributed by atoms with E-state index in [0.29, 0.717) is 0 Å². The molecule has 0 aliphatic rings. The van der Waals surface area contributed by atoms with Gasteiger partial charge < -0.3 is 0 Å². The normalized spacial score (nSPS) is 12.7. The predicted octanol–water partition coefficient (Wildman–Crippen LogP) is 4.22. The van der Waals surface area contributed by atoms with E-state index in [1.54, 1.807) is 11.3 Å². The molecule has 96 valence electrons. The van der Waals surface area contributed by atoms with E-state index in [4.69, 9.17) is 17.4 Å². The lowest BCUT2D eigenvalue weighted by Gasteiger charge is -2.18. The Hall–Kier alpha value is -0.390. The summed E-state index contributed by atoms with van der Waals surface area (Å²) < 4.78 is 1.12. The van der Waals surface area contributed by atoms with Gasteiger partial charge in [0.2, 0.25) is 0 Å². The maximum absolute atomic E-state index is 6.34. The second-order valence-electron chi connectivity index (χ2n) is 4.09. The van der Waals surface area contributed by atoms with Crippen molar-refractivity contribution < 1.29 is 0 Å². The summed E-state index contributed by atoms with van der Waals surface area (Å²) in [6.07, 6.45) is 0.817. The minimum absolute atomic E-state index is 0.0207. The van der Waals surface area contributed by atoms with Gasteiger partial charge in [0.1, 0.15) is 0 Å². The van der Waals surface area contributed by atoms with Gasteiger partial charge in [0, 0.05) is 20.8 Å². The van der Waals surface area contributed by atoms with E-state index in [-0.39, 0.29) is 6.04 Å². The summed E-state index contributed by atoms with van der Waals surface area (Å²) in [6.45, 7) is 2.00. The Morgan fingerprint density at radius 1 is 1.44 bits per heavy atom. The van der Waals surface area contributed by atoms with Gasteiger partial charge in [0.25, 0.3) is 0 Å². The zero-order chi connectivity index (χ0) is 13.1. The Bertz CT molecular complexity index is 542. The van der Waals surface area contributed by atoms with Crippen LogP contribution in [0, 0.1) is 6.92 Å². The number of hydrazine groups is 1. The third kappa shape index (κ3) is 2.95. The van der Waals surface area contributed by atoms with Crippen molar-refractivity contribution in [1.29, 1.82) is 0 Å². The number of thiophene rings is 1. The van der Waals surface area contributed by atoms with Crippen LogP contribution in [-0.4, -0.2) is 0 Å². The molecule has 3 N–H and O–H groups in total. The van der Waals surface area contributed by atoms with E-state index in [0.717, 1.165) is 27.0 Å². The number of nitrogens with one attached hydrogen (secondary N) is 1. The van der Waals surface area contributed by atoms with Gasteiger partial charge in [0.15, 0.2) is 0 Å². The van der Waals surface area contributed by atoms with Gasteiger partial charge in [-0.2, -0.15) is 0 Å². The number of rotatable bonds is 4. The smallest absolute Gasteiger partial charge is 0.0523 e. The van der Waals surface area contributed by atoms with Crippen molar-refractivity contribution in [3.05, 3.63) is 55.1 Å². The van der Waals surface area contributed by atoms with Gasteiger partial charge in [-0.05, 0) is 45.4 Å². The minimum atomic E-state index is 0.0207. The molecule has 1 atom stereocenters. The fourth-order valence-electron chi connectivity index (χ4n) is 1.85. The van der Waals surface area contributed by atoms with E-state index in [2.05, 4.69) is 26.7 Å². The van der Waals surface area contributed by atoms with Gasteiger partial charge in [-0.3, -0.25) is 11.3 Å². The van der Waals surface area contributed by atoms with E-state index in [9.17, 15) is 0 Å². The van der Waals surface area contributed by atoms with Crippen LogP contribution in [0.5, 0.6) is 0 Å². The topological polar surface area (TPSA) is 38.0 Å². The standard InChI is InChI=1S/C13H14BrClN2S/c1-8-3-2-4-9(13(8)15)11(17-16)7-12-10(14)5-6-18-12/h2-6,11,17H,7,16H2,1H3. The monoisotopic (exact) mass is 344 g/mol. The van der Waals surface area contributed by atoms with E-state index >= 15 is 0 Å². The summed E-state index contributed by atoms with van der Waals surface area (Å²) >= 11 is 11.6. The summed E-state index contributed by atoms with van der Waals surface area (Å²) in [5, 5.41) is 2.85. The van der Waals surface area contributed by atoms with Crippen molar-refractivity contribution in [3.63, 3.8) is 0 Å². The zero-order valence-electron chi connectivity index (χ0n) is 9.91. The molecule has 0 aliphatic carbocycles. The first-order chi connectivity index (χ1) is 8.63. The summed E-state index contributed by atoms with van der Waals surface area (Å²) in [4.78, 5) is 1.26. The molecule has 0 fully saturated rings. The van der Waals surface area contributed by atoms with Crippen molar-refractivity contribution in [2.24, 2.45) is 5.84 Å². The molecule has 0 saturated carbocycles. The van der Waals surface area contributed by atoms with Crippen LogP contribution >= 0.6 is 38.9 Å². The van der Waals surface area contributed by atoms with Gasteiger partial charge in [-0.15, -0.1) is 11.3 Å². The number of hydrogen-bond donors (Lipinski definition) is 2. The molecule has 0 bridgehead atoms. The number of aryl methyl sites for hydroxylation is 1. The molecule has 0 saturated heterocycles. The van der Waals surface area contributed by atoms with E-state index in [1.165, 1.54) is 4.88 Å². The Kier molecular flexibility index (Phi) is 4.81. The first-order valence-electron chi connectivity index (χ1n) is 5.56. The number of nitrogens with two attached hydrogens (primary N) is 1. The zero-order valence-corrected chi connectivity index (χ0v) is 13.1. The van der Waals surface area contributed by atoms with Crippen molar-refractivity contribution in [1.82, 2.24) is 5.43 Å². The van der Waals surface area contributed by atoms with Crippen LogP contribution in [0.4, 0.5) is 0 Å². The van der Waals surface area contributed by atoms with Crippen LogP contribution in [0.2, 0.25) is 5.02 Å². The largest absolute Gasteiger partial charge is 0.271 e. The average Bonchev–Trinajstić information content (AvgIpc) is 2.76. The summed E-state index contributed by atoms with van der Waals surface area (Å²) in [6, 6.07) is 8.09. The molecule has 0 aliphatic heterocycles. The molecule has 1 aromatic heterocycles. The van der Waals surface area contributed by atoms with E-state index in [1.807, 2.05) is 31.2 Å². The summed E-state index contributed by atoms with van der Waals surface area (Å²) in [5.74, 6) is 5.67. The lowest BCUT2D eigenvalue weighted by Crippen LogP contribution is -2.29. The Labute approximate surface area is 124 Å². The highest BCUT2D eigenvalue weighted by atomic mass is 79.9. The third-order valence-corrected chi connectivity index (χ3v) is 5.34. The van der Waals surface area contributed by atoms with Gasteiger partial charge in [-0.25, -0.2) is 0 Å². The Morgan fingerprint density at radius 2 is 2.22 bits per heavy atom. The highest BCUT2D eigenvalue weighted by Crippen LogP contribution is 2.31. The second-order valence-corrected chi connectivity index (χ2v) is 6.33. The molecule has 2 nitrogen and oxygen atoms in total. The first-order valence-corrected chi connectivity index (χ1v) is 7.61. The predicted molar refractivity (Wildman–Crippen MR) is 82.0 cm³/mol. The fraction of sp³-hybridized carbons (Fsp3) is 0.231. The molecule has 2 rings (SSSR count). The molecule has 1 aromatic carbocycles. The molecular weight excluding hydrogens is 332 g/mol. The highest BCUT2D eigenvalue weighted by molar-refractivity contribution is 9.10. The third-order valence-electron chi connectivity index (χ3n) is 2.88. The van der Waals surface area contributed by atoms with Crippen molar-refractivity contribution >= 4 is 38.9 Å². The Balaban J connectivity index is 2.29. The highest BCUT2D eigenvalue weighted by Gasteiger charge is 2.16. The molecule has 18 heavy (non-hydrogen) atoms. The van der Waals surface area contributed by atoms with Crippen LogP contribution in [0.25, 0.3) is 0 Å². The number of hydrogen-bond acceptors (Lipinski definition) is 3. The van der Waals surface area contributed by atoms with Crippen LogP contribution in [0.15, 0.2) is 34.1 Å². The summed E-state index contributed by atoms with van der Waals surface area (Å²) in [5.41, 5.74) is 4.96. The first kappa shape index (κ1) is 14.0. The molecule has 1 heterocycles. The lowest BCUT2D eigenvalue weighted by molar-refractivity contribution is 0.555. The molecule has 2 aromatic rings. The van der Waals surface area contributed by atoms with Crippen LogP contribution < -0.4 is 11.3 Å². The van der Waals surface area contributed by atoms with E-state index < -0.39 is 0 Å². The summed E-state index contributed by atoms with van der Waals surface area (Å²) in [7, 11) is 0. The number of halogens is 2. The van der Waals surface area contributed by atoms with Gasteiger partial charge >= 0.3 is 0 Å². The molecule has 5 heteroatoms. The maximum Gasteiger partial charge on any atom is 0.0523 e. The van der Waals surface area contributed by atoms with Crippen LogP contribution in [0.3, 0.4) is 0 Å². The number of benzene rings is 1. The second kappa shape index (κ2) is 6.17. The molecule has 0 radical (unpaired) electrons. The lowest BCUT2D eigenvalue weighted by atomic mass is 10.0. The van der Waals surface area contributed by atoms with Gasteiger partial charge in [0.05, 0.1) is 6.04 Å². The average molecular weight is 346 g/mol. The van der Waals surface area contributed by atoms with Crippen molar-refractivity contribution in [3.8, 4) is 0 Å². The SMILES string of the molecule is Cc1cccc(C(Cc2sccc2Br)NN)c1Cl. The van der Waals surface area contributed by atoms with Gasteiger partial charge in [-0.1, -0.05) is 29.8 Å². The molecule has 1 unspecified atom stereocenters. The molecular formula is C13H14BrClN2S. The minimum Gasteiger partial charge on any atom is -0.271 e. The van der Waals surface area contributed by atoms with Crippen LogP contribution in [0.1, 0.15) is 22.0 Å². The fourth-order valence-corrected chi connectivity index (χ4v) is 3.67.